The van der Waals surface area contributed by atoms with Gasteiger partial charge < -0.3 is 25.8 Å². The van der Waals surface area contributed by atoms with Crippen LogP contribution < -0.4 is 16.4 Å². The van der Waals surface area contributed by atoms with Crippen molar-refractivity contribution < 1.29 is 19.1 Å². The molecule has 4 N–H and O–H groups in total. The van der Waals surface area contributed by atoms with E-state index in [1.54, 1.807) is 0 Å². The Hall–Kier alpha value is -1.18. The third-order valence-electron chi connectivity index (χ3n) is 6.77. The van der Waals surface area contributed by atoms with E-state index in [9.17, 15) is 9.59 Å². The van der Waals surface area contributed by atoms with Crippen LogP contribution in [-0.4, -0.2) is 57.9 Å². The van der Waals surface area contributed by atoms with Gasteiger partial charge in [0.15, 0.2) is 0 Å². The van der Waals surface area contributed by atoms with Gasteiger partial charge in [0.25, 0.3) is 0 Å². The molecular weight excluding hydrogens is 478 g/mol. The van der Waals surface area contributed by atoms with Gasteiger partial charge in [-0.2, -0.15) is 0 Å². The Morgan fingerprint density at radius 1 is 0.500 bits per heavy atom. The Morgan fingerprint density at radius 3 is 1.32 bits per heavy atom. The van der Waals surface area contributed by atoms with Crippen molar-refractivity contribution in [2.45, 2.75) is 142 Å². The number of carbonyl (C=O) groups excluding carboxylic acids is 2. The van der Waals surface area contributed by atoms with Crippen LogP contribution in [-0.2, 0) is 19.1 Å². The van der Waals surface area contributed by atoms with Gasteiger partial charge in [-0.3, -0.25) is 9.59 Å². The minimum absolute atomic E-state index is 0.0595. The lowest BCUT2D eigenvalue weighted by Crippen LogP contribution is -2.26. The summed E-state index contributed by atoms with van der Waals surface area (Å²) >= 11 is 0. The maximum Gasteiger partial charge on any atom is 0.220 e. The monoisotopic (exact) mass is 541 g/mol. The molecule has 0 aliphatic heterocycles. The fraction of sp³-hybridized carbons (Fsp3) is 0.935. The van der Waals surface area contributed by atoms with Crippen LogP contribution >= 0.6 is 0 Å². The molecule has 226 valence electrons. The zero-order valence-corrected chi connectivity index (χ0v) is 25.0. The minimum Gasteiger partial charge on any atom is -0.381 e. The lowest BCUT2D eigenvalue weighted by molar-refractivity contribution is -0.122. The van der Waals surface area contributed by atoms with Crippen LogP contribution in [0.25, 0.3) is 0 Å². The van der Waals surface area contributed by atoms with Crippen molar-refractivity contribution in [2.24, 2.45) is 5.73 Å². The third kappa shape index (κ3) is 31.0. The second-order valence-corrected chi connectivity index (χ2v) is 10.6. The molecule has 0 fully saturated rings. The molecule has 0 saturated heterocycles. The summed E-state index contributed by atoms with van der Waals surface area (Å²) in [5, 5.41) is 5.90. The zero-order chi connectivity index (χ0) is 27.8. The van der Waals surface area contributed by atoms with Crippen molar-refractivity contribution in [2.75, 3.05) is 46.1 Å². The van der Waals surface area contributed by atoms with E-state index in [1.165, 1.54) is 83.5 Å². The molecular formula is C31H63N3O4. The molecule has 0 heterocycles. The SMILES string of the molecule is CCCCCCCCCCCCCCCCCC(=O)NCCCOCCCNC(=O)CCCOCCCN. The first-order chi connectivity index (χ1) is 18.7. The van der Waals surface area contributed by atoms with Crippen molar-refractivity contribution >= 4 is 11.8 Å². The molecule has 0 rings (SSSR count). The summed E-state index contributed by atoms with van der Waals surface area (Å²) < 4.78 is 11.0. The Balaban J connectivity index is 3.22. The van der Waals surface area contributed by atoms with Crippen molar-refractivity contribution in [1.82, 2.24) is 10.6 Å². The van der Waals surface area contributed by atoms with Gasteiger partial charge in [-0.1, -0.05) is 96.8 Å². The van der Waals surface area contributed by atoms with Gasteiger partial charge in [0.1, 0.15) is 0 Å². The lowest BCUT2D eigenvalue weighted by atomic mass is 10.0. The van der Waals surface area contributed by atoms with E-state index < -0.39 is 0 Å². The topological polar surface area (TPSA) is 103 Å². The summed E-state index contributed by atoms with van der Waals surface area (Å²) in [6, 6.07) is 0. The number of carbonyl (C=O) groups is 2. The first kappa shape index (κ1) is 36.8. The van der Waals surface area contributed by atoms with Gasteiger partial charge in [-0.05, 0) is 38.6 Å². The summed E-state index contributed by atoms with van der Waals surface area (Å²) in [4.78, 5) is 23.7. The maximum atomic E-state index is 12.0. The van der Waals surface area contributed by atoms with Crippen molar-refractivity contribution in [3.63, 3.8) is 0 Å². The maximum absolute atomic E-state index is 12.0. The predicted molar refractivity (Wildman–Crippen MR) is 159 cm³/mol. The van der Waals surface area contributed by atoms with Gasteiger partial charge in [0.2, 0.25) is 11.8 Å². The molecule has 0 radical (unpaired) electrons. The second-order valence-electron chi connectivity index (χ2n) is 10.6. The number of rotatable bonds is 31. The molecule has 7 heteroatoms. The second kappa shape index (κ2) is 32.0. The largest absolute Gasteiger partial charge is 0.381 e. The van der Waals surface area contributed by atoms with E-state index in [2.05, 4.69) is 17.6 Å². The minimum atomic E-state index is 0.0595. The van der Waals surface area contributed by atoms with Crippen molar-refractivity contribution in [3.05, 3.63) is 0 Å². The van der Waals surface area contributed by atoms with Crippen LogP contribution in [0.1, 0.15) is 142 Å². The van der Waals surface area contributed by atoms with Gasteiger partial charge >= 0.3 is 0 Å². The fourth-order valence-electron chi connectivity index (χ4n) is 4.36. The van der Waals surface area contributed by atoms with Gasteiger partial charge in [-0.15, -0.1) is 0 Å². The van der Waals surface area contributed by atoms with Crippen LogP contribution in [0.3, 0.4) is 0 Å². The fourth-order valence-corrected chi connectivity index (χ4v) is 4.36. The molecule has 0 aliphatic rings. The van der Waals surface area contributed by atoms with E-state index >= 15 is 0 Å². The molecule has 0 saturated carbocycles. The van der Waals surface area contributed by atoms with Crippen LogP contribution in [0.2, 0.25) is 0 Å². The number of nitrogens with two attached hydrogens (primary N) is 1. The molecule has 0 unspecified atom stereocenters. The van der Waals surface area contributed by atoms with E-state index in [4.69, 9.17) is 15.2 Å². The van der Waals surface area contributed by atoms with Crippen molar-refractivity contribution in [1.29, 1.82) is 0 Å². The molecule has 0 aromatic carbocycles. The first-order valence-corrected chi connectivity index (χ1v) is 16.1. The summed E-state index contributed by atoms with van der Waals surface area (Å²) in [5.41, 5.74) is 5.40. The van der Waals surface area contributed by atoms with Gasteiger partial charge in [-0.25, -0.2) is 0 Å². The summed E-state index contributed by atoms with van der Waals surface area (Å²) in [7, 11) is 0. The van der Waals surface area contributed by atoms with E-state index in [0.717, 1.165) is 38.5 Å². The number of hydrogen-bond donors (Lipinski definition) is 3. The summed E-state index contributed by atoms with van der Waals surface area (Å²) in [5.74, 6) is 0.219. The van der Waals surface area contributed by atoms with Crippen LogP contribution in [0.5, 0.6) is 0 Å². The normalized spacial score (nSPS) is 11.1. The van der Waals surface area contributed by atoms with Crippen LogP contribution in [0, 0.1) is 0 Å². The van der Waals surface area contributed by atoms with E-state index in [1.807, 2.05) is 0 Å². The third-order valence-corrected chi connectivity index (χ3v) is 6.77. The molecule has 0 aromatic rings. The number of hydrogen-bond acceptors (Lipinski definition) is 5. The molecule has 2 amide bonds. The first-order valence-electron chi connectivity index (χ1n) is 16.1. The highest BCUT2D eigenvalue weighted by atomic mass is 16.5. The molecule has 0 aliphatic carbocycles. The zero-order valence-electron chi connectivity index (χ0n) is 25.0. The van der Waals surface area contributed by atoms with Gasteiger partial charge in [0.05, 0.1) is 0 Å². The Kier molecular flexibility index (Phi) is 31.0. The molecule has 38 heavy (non-hydrogen) atoms. The van der Waals surface area contributed by atoms with E-state index in [0.29, 0.717) is 58.9 Å². The summed E-state index contributed by atoms with van der Waals surface area (Å²) in [6.45, 7) is 6.73. The number of nitrogens with one attached hydrogen (secondary N) is 2. The average molecular weight is 542 g/mol. The predicted octanol–water partition coefficient (Wildman–Crippen LogP) is 6.42. The van der Waals surface area contributed by atoms with E-state index in [-0.39, 0.29) is 11.8 Å². The molecule has 0 bridgehead atoms. The standard InChI is InChI=1S/C31H63N3O4/c1-2-3-4-5-6-7-8-9-10-11-12-13-14-15-16-21-30(35)33-24-19-28-38-29-20-25-34-31(36)22-17-26-37-27-18-23-32/h2-29,32H2,1H3,(H,33,35)(H,34,36). The van der Waals surface area contributed by atoms with Crippen LogP contribution in [0.15, 0.2) is 0 Å². The number of ether oxygens (including phenoxy) is 2. The highest BCUT2D eigenvalue weighted by Crippen LogP contribution is 2.13. The Bertz CT molecular complexity index is 506. The highest BCUT2D eigenvalue weighted by molar-refractivity contribution is 5.76. The molecule has 7 nitrogen and oxygen atoms in total. The quantitative estimate of drug-likeness (QED) is 0.0879. The number of amides is 2. The Morgan fingerprint density at radius 2 is 0.868 bits per heavy atom. The number of unbranched alkanes of at least 4 members (excludes halogenated alkanes) is 14. The Labute approximate surface area is 235 Å². The molecule has 0 spiro atoms. The average Bonchev–Trinajstić information content (AvgIpc) is 2.91. The smallest absolute Gasteiger partial charge is 0.220 e. The summed E-state index contributed by atoms with van der Waals surface area (Å²) in [6.07, 6.45) is 24.4. The molecule has 0 atom stereocenters. The van der Waals surface area contributed by atoms with Crippen molar-refractivity contribution in [3.8, 4) is 0 Å². The highest BCUT2D eigenvalue weighted by Gasteiger charge is 2.02. The van der Waals surface area contributed by atoms with Crippen LogP contribution in [0.4, 0.5) is 0 Å². The molecule has 0 aromatic heterocycles. The van der Waals surface area contributed by atoms with Gasteiger partial charge in [0, 0.05) is 52.4 Å². The lowest BCUT2D eigenvalue weighted by Gasteiger charge is -2.08.